The molecule has 2 aromatic rings. The summed E-state index contributed by atoms with van der Waals surface area (Å²) < 4.78 is 77.6. The van der Waals surface area contributed by atoms with Gasteiger partial charge in [-0.05, 0) is 52.4 Å². The number of hydrogen-bond acceptors (Lipinski definition) is 6. The van der Waals surface area contributed by atoms with E-state index in [-0.39, 0.29) is 38.4 Å². The SMILES string of the molecule is COc1cc(C2C3=CCC4C(=O)NC(=O)C4C3CC3(Cl)C(=O)N(c4c(F)c(F)c(F)c(F)c4F)C(=O)C23Cl)cc(Br)c1O. The minimum atomic E-state index is -2.68. The third kappa shape index (κ3) is 3.65. The van der Waals surface area contributed by atoms with E-state index in [9.17, 15) is 37.5 Å². The third-order valence-electron chi connectivity index (χ3n) is 8.67. The zero-order chi connectivity index (χ0) is 31.5. The molecule has 0 spiro atoms. The maximum atomic E-state index is 15.0. The lowest BCUT2D eigenvalue weighted by atomic mass is 9.56. The molecule has 43 heavy (non-hydrogen) atoms. The first-order valence-electron chi connectivity index (χ1n) is 12.5. The van der Waals surface area contributed by atoms with Crippen molar-refractivity contribution in [2.24, 2.45) is 17.8 Å². The first-order chi connectivity index (χ1) is 20.1. The van der Waals surface area contributed by atoms with Crippen molar-refractivity contribution in [2.45, 2.75) is 28.5 Å². The van der Waals surface area contributed by atoms with E-state index in [1.807, 2.05) is 0 Å². The number of nitrogens with one attached hydrogen (secondary N) is 1. The van der Waals surface area contributed by atoms with Gasteiger partial charge in [-0.2, -0.15) is 0 Å². The summed E-state index contributed by atoms with van der Waals surface area (Å²) >= 11 is 17.1. The van der Waals surface area contributed by atoms with Gasteiger partial charge in [0.15, 0.2) is 44.5 Å². The molecular formula is C27H16BrCl2F5N2O6. The fourth-order valence-electron chi connectivity index (χ4n) is 6.77. The summed E-state index contributed by atoms with van der Waals surface area (Å²) in [6.45, 7) is 0. The number of amides is 4. The third-order valence-corrected chi connectivity index (χ3v) is 10.7. The van der Waals surface area contributed by atoms with Gasteiger partial charge < -0.3 is 9.84 Å². The van der Waals surface area contributed by atoms with Gasteiger partial charge in [0.2, 0.25) is 17.6 Å². The number of aromatic hydroxyl groups is 1. The highest BCUT2D eigenvalue weighted by molar-refractivity contribution is 9.10. The molecule has 2 N–H and O–H groups in total. The standard InChI is InChI=1S/C27H16BrCl2F5N2O6/c1-43-12-5-7(4-11(28)21(12)38)14-8-2-3-9-13(23(40)36-22(9)39)10(8)6-26(29)24(41)37(25(42)27(14,26)30)20-18(34)16(32)15(31)17(33)19(20)35/h2,4-5,9-10,13-14,38H,3,6H2,1H3,(H,36,39,40). The van der Waals surface area contributed by atoms with Crippen molar-refractivity contribution < 1.29 is 51.0 Å². The molecular weight excluding hydrogens is 694 g/mol. The monoisotopic (exact) mass is 708 g/mol. The Labute approximate surface area is 256 Å². The number of anilines is 1. The van der Waals surface area contributed by atoms with Crippen molar-refractivity contribution in [2.75, 3.05) is 12.0 Å². The molecule has 2 aliphatic carbocycles. The number of hydrogen-bond donors (Lipinski definition) is 2. The van der Waals surface area contributed by atoms with E-state index < -0.39 is 98.2 Å². The van der Waals surface area contributed by atoms with Crippen LogP contribution in [0, 0.1) is 46.8 Å². The lowest BCUT2D eigenvalue weighted by Crippen LogP contribution is -2.60. The zero-order valence-corrected chi connectivity index (χ0v) is 24.5. The molecule has 0 bridgehead atoms. The Morgan fingerprint density at radius 3 is 2.16 bits per heavy atom. The first kappa shape index (κ1) is 29.8. The number of methoxy groups -OCH3 is 1. The van der Waals surface area contributed by atoms with Crippen molar-refractivity contribution in [3.05, 3.63) is 62.9 Å². The van der Waals surface area contributed by atoms with E-state index in [0.717, 1.165) is 0 Å². The average Bonchev–Trinajstić information content (AvgIpc) is 3.34. The van der Waals surface area contributed by atoms with Crippen LogP contribution in [0.15, 0.2) is 28.3 Å². The minimum absolute atomic E-state index is 0.00665. The smallest absolute Gasteiger partial charge is 0.258 e. The van der Waals surface area contributed by atoms with Crippen LogP contribution in [-0.4, -0.2) is 45.6 Å². The van der Waals surface area contributed by atoms with Crippen LogP contribution >= 0.6 is 39.1 Å². The number of rotatable bonds is 3. The maximum Gasteiger partial charge on any atom is 0.258 e. The van der Waals surface area contributed by atoms with Crippen LogP contribution in [0.2, 0.25) is 0 Å². The fraction of sp³-hybridized carbons (Fsp3) is 0.333. The van der Waals surface area contributed by atoms with Crippen LogP contribution in [0.4, 0.5) is 27.6 Å². The van der Waals surface area contributed by atoms with Crippen molar-refractivity contribution in [1.29, 1.82) is 0 Å². The number of phenols is 1. The van der Waals surface area contributed by atoms with Gasteiger partial charge in [-0.15, -0.1) is 23.2 Å². The molecule has 6 unspecified atom stereocenters. The van der Waals surface area contributed by atoms with Crippen molar-refractivity contribution in [3.8, 4) is 11.5 Å². The summed E-state index contributed by atoms with van der Waals surface area (Å²) in [7, 11) is 1.21. The molecule has 2 saturated heterocycles. The molecule has 16 heteroatoms. The Morgan fingerprint density at radius 2 is 1.56 bits per heavy atom. The number of imide groups is 2. The fourth-order valence-corrected chi connectivity index (χ4v) is 8.16. The van der Waals surface area contributed by atoms with Gasteiger partial charge in [0.1, 0.15) is 5.69 Å². The van der Waals surface area contributed by atoms with E-state index in [4.69, 9.17) is 27.9 Å². The van der Waals surface area contributed by atoms with Gasteiger partial charge in [-0.1, -0.05) is 11.6 Å². The molecule has 4 aliphatic rings. The number of allylic oxidation sites excluding steroid dienone is 2. The van der Waals surface area contributed by atoms with Gasteiger partial charge in [-0.3, -0.25) is 24.5 Å². The van der Waals surface area contributed by atoms with Gasteiger partial charge in [-0.25, -0.2) is 26.9 Å². The summed E-state index contributed by atoms with van der Waals surface area (Å²) in [5, 5.41) is 12.6. The normalized spacial score (nSPS) is 31.5. The topological polar surface area (TPSA) is 113 Å². The highest BCUT2D eigenvalue weighted by Gasteiger charge is 2.77. The molecule has 6 atom stereocenters. The van der Waals surface area contributed by atoms with Crippen LogP contribution in [0.3, 0.4) is 0 Å². The molecule has 4 amide bonds. The number of fused-ring (bicyclic) bond motifs is 4. The summed E-state index contributed by atoms with van der Waals surface area (Å²) in [5.74, 6) is -21.8. The Balaban J connectivity index is 1.64. The lowest BCUT2D eigenvalue weighted by Gasteiger charge is -2.50. The Bertz CT molecular complexity index is 1710. The lowest BCUT2D eigenvalue weighted by molar-refractivity contribution is -0.127. The van der Waals surface area contributed by atoms with E-state index >= 15 is 8.78 Å². The second-order valence-electron chi connectivity index (χ2n) is 10.6. The van der Waals surface area contributed by atoms with Crippen LogP contribution in [-0.2, 0) is 19.2 Å². The number of halogens is 8. The summed E-state index contributed by atoms with van der Waals surface area (Å²) in [4.78, 5) is 48.0. The minimum Gasteiger partial charge on any atom is -0.503 e. The van der Waals surface area contributed by atoms with Crippen molar-refractivity contribution >= 4 is 68.4 Å². The average molecular weight is 710 g/mol. The Hall–Kier alpha value is -3.23. The molecule has 8 nitrogen and oxygen atoms in total. The molecule has 2 heterocycles. The van der Waals surface area contributed by atoms with Crippen LogP contribution in [0.5, 0.6) is 11.5 Å². The number of benzene rings is 2. The largest absolute Gasteiger partial charge is 0.503 e. The maximum absolute atomic E-state index is 15.0. The molecule has 2 aromatic carbocycles. The molecule has 6 rings (SSSR count). The second kappa shape index (κ2) is 9.63. The summed E-state index contributed by atoms with van der Waals surface area (Å²) in [6, 6.07) is 2.55. The van der Waals surface area contributed by atoms with Crippen molar-refractivity contribution in [3.63, 3.8) is 0 Å². The molecule has 2 aliphatic heterocycles. The summed E-state index contributed by atoms with van der Waals surface area (Å²) in [5.41, 5.74) is -1.54. The van der Waals surface area contributed by atoms with Gasteiger partial charge >= 0.3 is 0 Å². The molecule has 0 aromatic heterocycles. The van der Waals surface area contributed by atoms with Crippen LogP contribution in [0.1, 0.15) is 24.3 Å². The quantitative estimate of drug-likeness (QED) is 0.119. The second-order valence-corrected chi connectivity index (χ2v) is 12.7. The number of carbonyl (C=O) groups is 4. The van der Waals surface area contributed by atoms with Gasteiger partial charge in [0, 0.05) is 5.92 Å². The number of ether oxygens (including phenoxy) is 1. The van der Waals surface area contributed by atoms with E-state index in [2.05, 4.69) is 21.2 Å². The number of alkyl halides is 2. The Morgan fingerprint density at radius 1 is 0.953 bits per heavy atom. The highest BCUT2D eigenvalue weighted by atomic mass is 79.9. The summed E-state index contributed by atoms with van der Waals surface area (Å²) in [6.07, 6.45) is 0.934. The van der Waals surface area contributed by atoms with Crippen molar-refractivity contribution in [1.82, 2.24) is 5.32 Å². The van der Waals surface area contributed by atoms with E-state index in [1.165, 1.54) is 19.2 Å². The molecule has 0 radical (unpaired) electrons. The van der Waals surface area contributed by atoms with E-state index in [0.29, 0.717) is 0 Å². The molecule has 1 saturated carbocycles. The van der Waals surface area contributed by atoms with Gasteiger partial charge in [0.25, 0.3) is 11.8 Å². The number of phenolic OH excluding ortho intramolecular Hbond substituents is 1. The molecule has 226 valence electrons. The number of carbonyl (C=O) groups excluding carboxylic acids is 4. The zero-order valence-electron chi connectivity index (χ0n) is 21.4. The molecule has 3 fully saturated rings. The number of nitrogens with zero attached hydrogens (tertiary/aromatic N) is 1. The van der Waals surface area contributed by atoms with Crippen LogP contribution in [0.25, 0.3) is 0 Å². The predicted molar refractivity (Wildman–Crippen MR) is 142 cm³/mol. The van der Waals surface area contributed by atoms with Gasteiger partial charge in [0.05, 0.1) is 23.4 Å². The predicted octanol–water partition coefficient (Wildman–Crippen LogP) is 4.71. The van der Waals surface area contributed by atoms with Crippen LogP contribution < -0.4 is 15.0 Å². The highest BCUT2D eigenvalue weighted by Crippen LogP contribution is 2.66. The van der Waals surface area contributed by atoms with E-state index in [1.54, 1.807) is 6.08 Å². The first-order valence-corrected chi connectivity index (χ1v) is 14.1. The Kier molecular flexibility index (Phi) is 6.68.